The van der Waals surface area contributed by atoms with Crippen molar-refractivity contribution in [3.63, 3.8) is 0 Å². The van der Waals surface area contributed by atoms with Crippen LogP contribution in [-0.4, -0.2) is 20.2 Å². The van der Waals surface area contributed by atoms with E-state index in [1.165, 1.54) is 0 Å². The fraction of sp³-hybridized carbons (Fsp3) is 0. The van der Waals surface area contributed by atoms with Crippen molar-refractivity contribution in [2.24, 2.45) is 0 Å². The summed E-state index contributed by atoms with van der Waals surface area (Å²) in [5.41, 5.74) is 1.21. The van der Waals surface area contributed by atoms with Crippen LogP contribution in [0.25, 0.3) is 17.2 Å². The first-order valence-electron chi connectivity index (χ1n) is 5.01. The van der Waals surface area contributed by atoms with Gasteiger partial charge in [0.1, 0.15) is 10.3 Å². The summed E-state index contributed by atoms with van der Waals surface area (Å²) in [7, 11) is 0. The summed E-state index contributed by atoms with van der Waals surface area (Å²) in [4.78, 5) is 8.16. The zero-order valence-corrected chi connectivity index (χ0v) is 11.0. The largest absolute Gasteiger partial charge is 0.415 e. The molecule has 0 radical (unpaired) electrons. The Hall–Kier alpha value is -2.08. The zero-order valence-electron chi connectivity index (χ0n) is 9.38. The van der Waals surface area contributed by atoms with Gasteiger partial charge in [0.15, 0.2) is 0 Å². The Morgan fingerprint density at radius 1 is 1.28 bits per heavy atom. The first kappa shape index (κ1) is 12.4. The molecule has 90 valence electrons. The Morgan fingerprint density at radius 2 is 2.11 bits per heavy atom. The molecule has 5 nitrogen and oxygen atoms in total. The first-order chi connectivity index (χ1) is 8.74. The van der Waals surface area contributed by atoms with Crippen LogP contribution < -0.4 is 0 Å². The van der Waals surface area contributed by atoms with Crippen LogP contribution in [0.15, 0.2) is 52.8 Å². The molecule has 0 aliphatic rings. The summed E-state index contributed by atoms with van der Waals surface area (Å²) in [6.07, 6.45) is 8.10. The predicted molar refractivity (Wildman–Crippen MR) is 71.4 cm³/mol. The van der Waals surface area contributed by atoms with Crippen LogP contribution in [0.3, 0.4) is 0 Å². The van der Waals surface area contributed by atoms with E-state index < -0.39 is 0 Å². The highest BCUT2D eigenvalue weighted by atomic mass is 79.9. The highest BCUT2D eigenvalue weighted by Gasteiger charge is 2.12. The molecule has 2 aromatic heterocycles. The molecule has 2 aromatic rings. The predicted octanol–water partition coefficient (Wildman–Crippen LogP) is 3.04. The number of nitrogens with zero attached hydrogens (tertiary/aromatic N) is 4. The van der Waals surface area contributed by atoms with Crippen molar-refractivity contribution < 1.29 is 4.42 Å². The maximum Gasteiger partial charge on any atom is 0.268 e. The Kier molecular flexibility index (Phi) is 3.78. The lowest BCUT2D eigenvalue weighted by molar-refractivity contribution is 0.552. The molecule has 2 heterocycles. The van der Waals surface area contributed by atoms with Gasteiger partial charge < -0.3 is 4.42 Å². The maximum atomic E-state index is 5.50. The minimum absolute atomic E-state index is 0.301. The molecule has 0 fully saturated rings. The van der Waals surface area contributed by atoms with E-state index in [1.807, 2.05) is 0 Å². The highest BCUT2D eigenvalue weighted by Crippen LogP contribution is 2.20. The van der Waals surface area contributed by atoms with E-state index in [1.54, 1.807) is 30.6 Å². The minimum atomic E-state index is 0.301. The normalized spacial score (nSPS) is 11.3. The molecule has 18 heavy (non-hydrogen) atoms. The molecular formula is C12H9BrN4O. The molecule has 0 saturated heterocycles. The summed E-state index contributed by atoms with van der Waals surface area (Å²) in [5.74, 6) is 0.664. The van der Waals surface area contributed by atoms with E-state index in [9.17, 15) is 0 Å². The lowest BCUT2D eigenvalue weighted by Gasteiger charge is -1.94. The van der Waals surface area contributed by atoms with Crippen molar-refractivity contribution in [1.29, 1.82) is 0 Å². The van der Waals surface area contributed by atoms with Gasteiger partial charge in [-0.25, -0.2) is 4.98 Å². The fourth-order valence-electron chi connectivity index (χ4n) is 1.24. The van der Waals surface area contributed by atoms with Gasteiger partial charge in [-0.15, -0.1) is 10.2 Å². The Bertz CT molecular complexity index is 618. The van der Waals surface area contributed by atoms with Crippen molar-refractivity contribution in [3.8, 4) is 11.6 Å². The van der Waals surface area contributed by atoms with E-state index in [2.05, 4.69) is 49.3 Å². The van der Waals surface area contributed by atoms with Gasteiger partial charge in [-0.3, -0.25) is 4.98 Å². The van der Waals surface area contributed by atoms with Crippen molar-refractivity contribution in [1.82, 2.24) is 20.2 Å². The van der Waals surface area contributed by atoms with Gasteiger partial charge in [0.2, 0.25) is 5.89 Å². The van der Waals surface area contributed by atoms with Crippen LogP contribution in [0.2, 0.25) is 0 Å². The average molecular weight is 305 g/mol. The lowest BCUT2D eigenvalue weighted by Crippen LogP contribution is -1.86. The maximum absolute atomic E-state index is 5.50. The van der Waals surface area contributed by atoms with Crippen molar-refractivity contribution >= 4 is 21.5 Å². The van der Waals surface area contributed by atoms with Crippen LogP contribution >= 0.6 is 15.9 Å². The molecule has 0 unspecified atom stereocenters. The molecule has 0 atom stereocenters. The topological polar surface area (TPSA) is 64.7 Å². The number of allylic oxidation sites excluding steroid dienone is 4. The van der Waals surface area contributed by atoms with Gasteiger partial charge in [-0.2, -0.15) is 0 Å². The number of hydrogen-bond acceptors (Lipinski definition) is 5. The second kappa shape index (κ2) is 5.50. The number of halogens is 1. The molecule has 0 N–H and O–H groups in total. The van der Waals surface area contributed by atoms with Crippen molar-refractivity contribution in [2.45, 2.75) is 0 Å². The summed E-state index contributed by atoms with van der Waals surface area (Å²) in [5, 5.41) is 7.84. The second-order valence-corrected chi connectivity index (χ2v) is 4.01. The van der Waals surface area contributed by atoms with Gasteiger partial charge >= 0.3 is 0 Å². The summed E-state index contributed by atoms with van der Waals surface area (Å²) < 4.78 is 6.10. The molecule has 0 aliphatic carbocycles. The van der Waals surface area contributed by atoms with Gasteiger partial charge in [0.05, 0.1) is 12.4 Å². The SMILES string of the molecule is C=C/C=C(\C=C)c1nnc(-c2cncc(Br)n2)o1. The number of aromatic nitrogens is 4. The molecule has 0 aliphatic heterocycles. The zero-order chi connectivity index (χ0) is 13.0. The highest BCUT2D eigenvalue weighted by molar-refractivity contribution is 9.10. The first-order valence-corrected chi connectivity index (χ1v) is 5.81. The third-order valence-corrected chi connectivity index (χ3v) is 2.40. The van der Waals surface area contributed by atoms with Gasteiger partial charge in [-0.1, -0.05) is 31.4 Å². The van der Waals surface area contributed by atoms with Crippen LogP contribution in [0.4, 0.5) is 0 Å². The third-order valence-electron chi connectivity index (χ3n) is 2.01. The molecule has 0 aromatic carbocycles. The van der Waals surface area contributed by atoms with Gasteiger partial charge in [0.25, 0.3) is 5.89 Å². The van der Waals surface area contributed by atoms with E-state index in [4.69, 9.17) is 4.42 Å². The quantitative estimate of drug-likeness (QED) is 0.812. The van der Waals surface area contributed by atoms with Crippen molar-refractivity contribution in [2.75, 3.05) is 0 Å². The summed E-state index contributed by atoms with van der Waals surface area (Å²) in [6, 6.07) is 0. The number of rotatable bonds is 4. The minimum Gasteiger partial charge on any atom is -0.415 e. The third kappa shape index (κ3) is 2.60. The standard InChI is InChI=1S/C12H9BrN4O/c1-3-5-8(4-2)11-16-17-12(18-11)9-6-14-7-10(13)15-9/h3-7H,1-2H2/b8-5+. The van der Waals surface area contributed by atoms with E-state index in [-0.39, 0.29) is 0 Å². The number of hydrogen-bond donors (Lipinski definition) is 0. The second-order valence-electron chi connectivity index (χ2n) is 3.20. The molecule has 6 heteroatoms. The molecule has 0 spiro atoms. The van der Waals surface area contributed by atoms with Gasteiger partial charge in [0, 0.05) is 5.57 Å². The average Bonchev–Trinajstić information content (AvgIpc) is 2.85. The Balaban J connectivity index is 2.39. The van der Waals surface area contributed by atoms with Crippen molar-refractivity contribution in [3.05, 3.63) is 54.3 Å². The fourth-order valence-corrected chi connectivity index (χ4v) is 1.55. The summed E-state index contributed by atoms with van der Waals surface area (Å²) in [6.45, 7) is 7.28. The summed E-state index contributed by atoms with van der Waals surface area (Å²) >= 11 is 3.23. The monoisotopic (exact) mass is 304 g/mol. The van der Waals surface area contributed by atoms with Crippen LogP contribution in [0, 0.1) is 0 Å². The van der Waals surface area contributed by atoms with E-state index in [0.29, 0.717) is 27.7 Å². The molecule has 0 bridgehead atoms. The van der Waals surface area contributed by atoms with Gasteiger partial charge in [-0.05, 0) is 15.9 Å². The van der Waals surface area contributed by atoms with E-state index in [0.717, 1.165) is 0 Å². The van der Waals surface area contributed by atoms with Crippen LogP contribution in [0.5, 0.6) is 0 Å². The van der Waals surface area contributed by atoms with E-state index >= 15 is 0 Å². The molecule has 2 rings (SSSR count). The Morgan fingerprint density at radius 3 is 2.78 bits per heavy atom. The van der Waals surface area contributed by atoms with Crippen LogP contribution in [0.1, 0.15) is 5.89 Å². The lowest BCUT2D eigenvalue weighted by atomic mass is 10.2. The molecule has 0 amide bonds. The van der Waals surface area contributed by atoms with Crippen LogP contribution in [-0.2, 0) is 0 Å². The smallest absolute Gasteiger partial charge is 0.268 e. The molecule has 0 saturated carbocycles. The Labute approximate surface area is 112 Å². The molecular weight excluding hydrogens is 296 g/mol.